The number of methoxy groups -OCH3 is 3. The second-order valence-electron chi connectivity index (χ2n) is 18.7. The van der Waals surface area contributed by atoms with Gasteiger partial charge in [-0.15, -0.1) is 0 Å². The Balaban J connectivity index is 0.000000454. The molecule has 48 heteroatoms. The van der Waals surface area contributed by atoms with Crippen molar-refractivity contribution in [2.24, 2.45) is 0 Å². The lowest BCUT2D eigenvalue weighted by Crippen LogP contribution is -2.36. The Morgan fingerprint density at radius 1 is 0.745 bits per heavy atom. The highest BCUT2D eigenvalue weighted by Crippen LogP contribution is 2.37. The van der Waals surface area contributed by atoms with Crippen LogP contribution < -0.4 is 54.0 Å². The Hall–Kier alpha value is -8.89. The minimum absolute atomic E-state index is 0.0612. The number of aryl methyl sites for hydroxylation is 2. The monoisotopic (exact) mass is 1530 g/mol. The number of nitro benzene ring substituents is 1. The summed E-state index contributed by atoms with van der Waals surface area (Å²) in [4.78, 5) is 95.7. The van der Waals surface area contributed by atoms with Crippen LogP contribution in [0.15, 0.2) is 99.9 Å². The fourth-order valence-corrected chi connectivity index (χ4v) is 11.2. The number of rotatable bonds is 22. The molecule has 1 unspecified atom stereocenters. The molecular formula is C50H59ClF6N13O22PS5. The third kappa shape index (κ3) is 31.1. The van der Waals surface area contributed by atoms with Crippen LogP contribution in [0.5, 0.6) is 29.3 Å². The van der Waals surface area contributed by atoms with Crippen LogP contribution in [0.3, 0.4) is 0 Å². The second-order valence-corrected chi connectivity index (χ2v) is 30.4. The van der Waals surface area contributed by atoms with Crippen molar-refractivity contribution in [1.82, 2.24) is 49.4 Å². The predicted octanol–water partition coefficient (Wildman–Crippen LogP) is 4.79. The van der Waals surface area contributed by atoms with Gasteiger partial charge in [0.2, 0.25) is 33.7 Å². The van der Waals surface area contributed by atoms with E-state index in [2.05, 4.69) is 59.3 Å². The number of alkyl halides is 6. The fraction of sp³-hybridized carbons (Fsp3) is 0.320. The van der Waals surface area contributed by atoms with Crippen molar-refractivity contribution in [3.8, 4) is 29.3 Å². The highest BCUT2D eigenvalue weighted by molar-refractivity contribution is 7.95. The molecule has 6 aromatic rings. The van der Waals surface area contributed by atoms with Gasteiger partial charge in [0.25, 0.3) is 31.6 Å². The third-order valence-electron chi connectivity index (χ3n) is 10.3. The Morgan fingerprint density at radius 3 is 1.79 bits per heavy atom. The van der Waals surface area contributed by atoms with Crippen LogP contribution in [0.25, 0.3) is 0 Å². The van der Waals surface area contributed by atoms with Crippen molar-refractivity contribution in [3.63, 3.8) is 0 Å². The SMILES string of the molecule is CCS(=O)(=O)c1cccnc1S(=O)(=O)NC(=O)Nc1nc(OC)cc(OC)n1.COc1nc(C)nc(NC(=O)NS(=O)(=O)c2ccccc2CCC(F)(F)F)n1.CS(=O)(=O)NC(=O)c1cc(Oc2ccc(C(F)(F)F)cc2Cl)ccc1[N+](=O)[O-].C[S+](C)C.O=C(O)CNCP(=O)([O-])O. The number of nitro groups is 1. The maximum Gasteiger partial charge on any atom is 0.416 e. The first-order chi connectivity index (χ1) is 45.0. The molecule has 0 spiro atoms. The number of nitrogens with one attached hydrogen (secondary N) is 6. The Labute approximate surface area is 562 Å². The molecule has 35 nitrogen and oxygen atoms in total. The molecular weight excluding hydrogens is 1480 g/mol. The van der Waals surface area contributed by atoms with Gasteiger partial charge in [-0.2, -0.15) is 59.7 Å². The van der Waals surface area contributed by atoms with E-state index < -0.39 is 151 Å². The zero-order valence-corrected chi connectivity index (χ0v) is 57.7. The van der Waals surface area contributed by atoms with E-state index in [1.165, 1.54) is 65.5 Å². The number of urea groups is 2. The smallest absolute Gasteiger partial charge is 0.416 e. The van der Waals surface area contributed by atoms with Gasteiger partial charge >= 0.3 is 36.4 Å². The number of sulfone groups is 1. The van der Waals surface area contributed by atoms with Gasteiger partial charge in [-0.25, -0.2) is 54.0 Å². The molecule has 3 aromatic heterocycles. The summed E-state index contributed by atoms with van der Waals surface area (Å²) in [6.45, 7) is 2.38. The largest absolute Gasteiger partial charge is 0.778 e. The Morgan fingerprint density at radius 2 is 1.30 bits per heavy atom. The van der Waals surface area contributed by atoms with Crippen molar-refractivity contribution >= 4 is 112 Å². The zero-order chi connectivity index (χ0) is 75.0. The summed E-state index contributed by atoms with van der Waals surface area (Å²) < 4.78 is 207. The van der Waals surface area contributed by atoms with E-state index in [4.69, 9.17) is 40.5 Å². The maximum absolute atomic E-state index is 12.7. The van der Waals surface area contributed by atoms with E-state index >= 15 is 0 Å². The summed E-state index contributed by atoms with van der Waals surface area (Å²) in [6, 6.07) is 11.4. The van der Waals surface area contributed by atoms with Gasteiger partial charge in [0, 0.05) is 24.8 Å². The van der Waals surface area contributed by atoms with E-state index in [-0.39, 0.29) is 58.3 Å². The number of anilines is 2. The molecule has 0 saturated carbocycles. The average molecular weight is 1530 g/mol. The van der Waals surface area contributed by atoms with Gasteiger partial charge < -0.3 is 38.4 Å². The molecule has 0 fully saturated rings. The zero-order valence-electron chi connectivity index (χ0n) is 51.9. The molecule has 0 aliphatic heterocycles. The molecule has 0 saturated heterocycles. The number of carbonyl (C=O) groups excluding carboxylic acids is 3. The number of amides is 5. The molecule has 0 bridgehead atoms. The number of nitrogens with zero attached hydrogens (tertiary/aromatic N) is 7. The van der Waals surface area contributed by atoms with Crippen LogP contribution in [0, 0.1) is 17.0 Å². The highest BCUT2D eigenvalue weighted by Gasteiger charge is 2.33. The summed E-state index contributed by atoms with van der Waals surface area (Å²) in [7, 11) is -16.7. The van der Waals surface area contributed by atoms with Crippen molar-refractivity contribution in [1.29, 1.82) is 0 Å². The number of benzene rings is 3. The van der Waals surface area contributed by atoms with E-state index in [9.17, 15) is 98.8 Å². The first kappa shape index (κ1) is 85.2. The number of pyridine rings is 1. The molecule has 98 heavy (non-hydrogen) atoms. The van der Waals surface area contributed by atoms with Crippen molar-refractivity contribution in [3.05, 3.63) is 123 Å². The summed E-state index contributed by atoms with van der Waals surface area (Å²) >= 11 is 5.76. The van der Waals surface area contributed by atoms with E-state index in [1.54, 1.807) is 14.2 Å². The highest BCUT2D eigenvalue weighted by atomic mass is 35.5. The fourth-order valence-electron chi connectivity index (χ4n) is 6.43. The van der Waals surface area contributed by atoms with Crippen LogP contribution in [0.2, 0.25) is 5.02 Å². The lowest BCUT2D eigenvalue weighted by molar-refractivity contribution is -0.385. The molecule has 5 amide bonds. The summed E-state index contributed by atoms with van der Waals surface area (Å²) in [6.07, 6.45) is -3.17. The van der Waals surface area contributed by atoms with Gasteiger partial charge in [-0.1, -0.05) is 36.7 Å². The van der Waals surface area contributed by atoms with Crippen LogP contribution in [0.4, 0.5) is 53.5 Å². The standard InChI is InChI=1S/C15H10ClF3N2O6S.C15H16F3N5O4S.C14H17N5O7S2.C3H8NO5P.C3H9S/c1-28(25,26)20-14(22)10-7-9(3-4-12(10)21(23)24)27-13-5-2-8(6-11(13)16)15(17,18)19;1-9-19-12(22-14(20-9)27-2)21-13(24)23-28(25,26)11-6-4-3-5-10(11)7-8-15(16,17)18;1-4-27(21,22)9-6-5-7-15-12(9)28(23,24)19-14(20)18-13-16-10(25-2)8-11(17-13)26-3;5-3(6)1-4-2-10(7,8)9;1-4(2)3/h2-7H,1H3,(H,20,22);3-6H,7-8H2,1-2H3,(H2,19,20,21,22,23,24);5-8H,4H2,1-3H3,(H2,16,17,18,19,20);4H,1-2H2,(H,5,6)(H2,7,8,9);1-3H3/q;;;;+1/p-1. The number of aliphatic carboxylic acids is 1. The molecule has 0 radical (unpaired) electrons. The normalized spacial score (nSPS) is 12.0. The van der Waals surface area contributed by atoms with Crippen LogP contribution in [-0.4, -0.2) is 174 Å². The van der Waals surface area contributed by atoms with Gasteiger partial charge in [-0.05, 0) is 72.3 Å². The number of ether oxygens (including phenoxy) is 4. The van der Waals surface area contributed by atoms with E-state index in [1.807, 2.05) is 5.32 Å². The molecule has 8 N–H and O–H groups in total. The number of carbonyl (C=O) groups is 4. The quantitative estimate of drug-likeness (QED) is 0.0149. The first-order valence-electron chi connectivity index (χ1n) is 26.1. The first-order valence-corrected chi connectivity index (χ1v) is 37.2. The third-order valence-corrected chi connectivity index (χ3v) is 16.4. The topological polar surface area (TPSA) is 515 Å². The number of aromatic nitrogens is 6. The summed E-state index contributed by atoms with van der Waals surface area (Å²) in [5.74, 6) is -3.42. The second kappa shape index (κ2) is 37.2. The van der Waals surface area contributed by atoms with Crippen molar-refractivity contribution in [2.45, 2.75) is 53.9 Å². The molecule has 3 heterocycles. The average Bonchev–Trinajstić information content (AvgIpc) is 0.796. The number of hydrogen-bond donors (Lipinski definition) is 8. The summed E-state index contributed by atoms with van der Waals surface area (Å²) in [5.41, 5.74) is -2.41. The van der Waals surface area contributed by atoms with Crippen molar-refractivity contribution in [2.75, 3.05) is 75.6 Å². The summed E-state index contributed by atoms with van der Waals surface area (Å²) in [5, 5.41) is 24.0. The Kier molecular flexibility index (Phi) is 32.3. The Bertz CT molecular complexity index is 4320. The number of sulfonamides is 3. The predicted molar refractivity (Wildman–Crippen MR) is 335 cm³/mol. The number of halogens is 7. The minimum atomic E-state index is -4.62. The van der Waals surface area contributed by atoms with E-state index in [0.717, 1.165) is 42.6 Å². The molecule has 0 aliphatic rings. The molecule has 1 atom stereocenters. The van der Waals surface area contributed by atoms with Crippen LogP contribution in [-0.2, 0) is 72.8 Å². The van der Waals surface area contributed by atoms with E-state index in [0.29, 0.717) is 29.3 Å². The van der Waals surface area contributed by atoms with Crippen LogP contribution >= 0.6 is 19.2 Å². The number of carboxylic acid groups (broad SMARTS) is 1. The molecule has 3 aromatic carbocycles. The van der Waals surface area contributed by atoms with Gasteiger partial charge in [-0.3, -0.25) is 35.7 Å². The van der Waals surface area contributed by atoms with Crippen LogP contribution in [0.1, 0.15) is 40.7 Å². The van der Waals surface area contributed by atoms with Gasteiger partial charge in [0.1, 0.15) is 35.4 Å². The lowest BCUT2D eigenvalue weighted by Gasteiger charge is -2.14. The molecule has 540 valence electrons. The minimum Gasteiger partial charge on any atom is -0.778 e. The van der Waals surface area contributed by atoms with Gasteiger partial charge in [0.15, 0.2) is 14.9 Å². The number of hydrogen-bond acceptors (Lipinski definition) is 27. The van der Waals surface area contributed by atoms with Crippen molar-refractivity contribution < 1.29 is 123 Å². The molecule has 6 rings (SSSR count). The maximum atomic E-state index is 12.7. The lowest BCUT2D eigenvalue weighted by atomic mass is 10.1. The molecule has 0 aliphatic carbocycles. The number of carboxylic acids is 1. The van der Waals surface area contributed by atoms with Gasteiger partial charge in [0.05, 0.1) is 91.4 Å².